The summed E-state index contributed by atoms with van der Waals surface area (Å²) in [5.74, 6) is -0.109. The van der Waals surface area contributed by atoms with E-state index in [4.69, 9.17) is 4.74 Å². The maximum Gasteiger partial charge on any atom is 0.255 e. The number of pyridine rings is 1. The van der Waals surface area contributed by atoms with E-state index in [1.165, 1.54) is 0 Å². The molecule has 1 atom stereocenters. The molecular weight excluding hydrogens is 230 g/mol. The fourth-order valence-corrected chi connectivity index (χ4v) is 2.05. The number of rotatable bonds is 4. The van der Waals surface area contributed by atoms with Crippen molar-refractivity contribution in [3.05, 3.63) is 23.5 Å². The Bertz CT molecular complexity index is 428. The molecule has 0 aromatic carbocycles. The first kappa shape index (κ1) is 12.8. The smallest absolute Gasteiger partial charge is 0.255 e. The normalized spacial score (nSPS) is 18.7. The molecule has 2 rings (SSSR count). The van der Waals surface area contributed by atoms with E-state index < -0.39 is 0 Å². The van der Waals surface area contributed by atoms with E-state index in [0.717, 1.165) is 30.8 Å². The van der Waals surface area contributed by atoms with Crippen LogP contribution in [0.15, 0.2) is 12.3 Å². The van der Waals surface area contributed by atoms with Crippen LogP contribution in [0.4, 0.5) is 5.69 Å². The van der Waals surface area contributed by atoms with Gasteiger partial charge < -0.3 is 15.4 Å². The summed E-state index contributed by atoms with van der Waals surface area (Å²) in [6.07, 6.45) is 3.86. The van der Waals surface area contributed by atoms with Gasteiger partial charge in [-0.25, -0.2) is 0 Å². The maximum absolute atomic E-state index is 12.0. The van der Waals surface area contributed by atoms with E-state index in [-0.39, 0.29) is 12.0 Å². The van der Waals surface area contributed by atoms with Gasteiger partial charge in [-0.15, -0.1) is 0 Å². The number of nitrogens with zero attached hydrogens (tertiary/aromatic N) is 1. The van der Waals surface area contributed by atoms with Crippen molar-refractivity contribution in [2.45, 2.75) is 25.9 Å². The molecule has 1 amide bonds. The third kappa shape index (κ3) is 2.98. The van der Waals surface area contributed by atoms with Crippen LogP contribution in [0.25, 0.3) is 0 Å². The first-order chi connectivity index (χ1) is 8.70. The number of amides is 1. The standard InChI is InChI=1S/C13H19N3O2/c1-9-6-12(14-2)11(8-15-9)13(17)16-7-10-4-3-5-18-10/h6,8,10H,3-5,7H2,1-2H3,(H,14,15)(H,16,17). The average molecular weight is 249 g/mol. The molecule has 1 aromatic rings. The number of ether oxygens (including phenoxy) is 1. The average Bonchev–Trinajstić information content (AvgIpc) is 2.88. The Morgan fingerprint density at radius 2 is 2.44 bits per heavy atom. The Morgan fingerprint density at radius 3 is 3.11 bits per heavy atom. The number of hydrogen-bond acceptors (Lipinski definition) is 4. The summed E-state index contributed by atoms with van der Waals surface area (Å²) >= 11 is 0. The number of anilines is 1. The second-order valence-electron chi connectivity index (χ2n) is 4.47. The Morgan fingerprint density at radius 1 is 1.61 bits per heavy atom. The highest BCUT2D eigenvalue weighted by Gasteiger charge is 2.18. The Labute approximate surface area is 107 Å². The van der Waals surface area contributed by atoms with E-state index in [1.54, 1.807) is 13.2 Å². The van der Waals surface area contributed by atoms with Gasteiger partial charge in [0, 0.05) is 32.1 Å². The van der Waals surface area contributed by atoms with Crippen molar-refractivity contribution in [2.24, 2.45) is 0 Å². The van der Waals surface area contributed by atoms with Crippen LogP contribution in [0.2, 0.25) is 0 Å². The molecule has 0 aliphatic carbocycles. The highest BCUT2D eigenvalue weighted by atomic mass is 16.5. The number of carbonyl (C=O) groups is 1. The third-order valence-corrected chi connectivity index (χ3v) is 3.07. The Kier molecular flexibility index (Phi) is 4.15. The molecule has 18 heavy (non-hydrogen) atoms. The van der Waals surface area contributed by atoms with E-state index >= 15 is 0 Å². The van der Waals surface area contributed by atoms with Crippen molar-refractivity contribution in [3.63, 3.8) is 0 Å². The molecule has 5 nitrogen and oxygen atoms in total. The van der Waals surface area contributed by atoms with E-state index in [9.17, 15) is 4.79 Å². The number of hydrogen-bond donors (Lipinski definition) is 2. The summed E-state index contributed by atoms with van der Waals surface area (Å²) < 4.78 is 5.47. The largest absolute Gasteiger partial charge is 0.387 e. The Hall–Kier alpha value is -1.62. The second-order valence-corrected chi connectivity index (χ2v) is 4.47. The quantitative estimate of drug-likeness (QED) is 0.845. The van der Waals surface area contributed by atoms with Gasteiger partial charge in [-0.1, -0.05) is 0 Å². The lowest BCUT2D eigenvalue weighted by Gasteiger charge is -2.13. The minimum absolute atomic E-state index is 0.109. The van der Waals surface area contributed by atoms with Crippen molar-refractivity contribution >= 4 is 11.6 Å². The van der Waals surface area contributed by atoms with Gasteiger partial charge in [-0.05, 0) is 25.8 Å². The summed E-state index contributed by atoms with van der Waals surface area (Å²) in [6, 6.07) is 1.86. The van der Waals surface area contributed by atoms with Crippen LogP contribution in [0.3, 0.4) is 0 Å². The van der Waals surface area contributed by atoms with Gasteiger partial charge >= 0.3 is 0 Å². The lowest BCUT2D eigenvalue weighted by Crippen LogP contribution is -2.32. The highest BCUT2D eigenvalue weighted by Crippen LogP contribution is 2.15. The lowest BCUT2D eigenvalue weighted by molar-refractivity contribution is 0.0858. The SMILES string of the molecule is CNc1cc(C)ncc1C(=O)NCC1CCCO1. The van der Waals surface area contributed by atoms with Crippen molar-refractivity contribution in [3.8, 4) is 0 Å². The second kappa shape index (κ2) is 5.82. The topological polar surface area (TPSA) is 63.2 Å². The summed E-state index contributed by atoms with van der Waals surface area (Å²) in [6.45, 7) is 3.26. The zero-order valence-electron chi connectivity index (χ0n) is 10.8. The number of carbonyl (C=O) groups excluding carboxylic acids is 1. The monoisotopic (exact) mass is 249 g/mol. The van der Waals surface area contributed by atoms with Crippen LogP contribution in [0.5, 0.6) is 0 Å². The van der Waals surface area contributed by atoms with E-state index in [0.29, 0.717) is 12.1 Å². The van der Waals surface area contributed by atoms with Crippen LogP contribution in [0, 0.1) is 6.92 Å². The molecule has 0 saturated carbocycles. The summed E-state index contributed by atoms with van der Waals surface area (Å²) in [7, 11) is 1.80. The molecule has 1 saturated heterocycles. The molecule has 2 heterocycles. The number of nitrogens with one attached hydrogen (secondary N) is 2. The van der Waals surface area contributed by atoms with Crippen molar-refractivity contribution < 1.29 is 9.53 Å². The van der Waals surface area contributed by atoms with Crippen LogP contribution in [0.1, 0.15) is 28.9 Å². The molecule has 1 aromatic heterocycles. The molecule has 1 fully saturated rings. The van der Waals surface area contributed by atoms with Crippen LogP contribution in [-0.2, 0) is 4.74 Å². The molecule has 1 aliphatic heterocycles. The van der Waals surface area contributed by atoms with Gasteiger partial charge in [0.2, 0.25) is 0 Å². The van der Waals surface area contributed by atoms with Crippen molar-refractivity contribution in [1.82, 2.24) is 10.3 Å². The van der Waals surface area contributed by atoms with Crippen molar-refractivity contribution in [2.75, 3.05) is 25.5 Å². The Balaban J connectivity index is 1.99. The van der Waals surface area contributed by atoms with Gasteiger partial charge in [-0.3, -0.25) is 9.78 Å². The van der Waals surface area contributed by atoms with E-state index in [1.807, 2.05) is 13.0 Å². The van der Waals surface area contributed by atoms with Gasteiger partial charge in [-0.2, -0.15) is 0 Å². The maximum atomic E-state index is 12.0. The van der Waals surface area contributed by atoms with Gasteiger partial charge in [0.15, 0.2) is 0 Å². The van der Waals surface area contributed by atoms with Crippen LogP contribution < -0.4 is 10.6 Å². The fraction of sp³-hybridized carbons (Fsp3) is 0.538. The minimum atomic E-state index is -0.109. The fourth-order valence-electron chi connectivity index (χ4n) is 2.05. The molecule has 5 heteroatoms. The summed E-state index contributed by atoms with van der Waals surface area (Å²) in [5, 5.41) is 5.90. The molecule has 0 bridgehead atoms. The molecule has 98 valence electrons. The molecule has 0 spiro atoms. The van der Waals surface area contributed by atoms with Crippen LogP contribution in [-0.4, -0.2) is 37.2 Å². The van der Waals surface area contributed by atoms with Crippen molar-refractivity contribution in [1.29, 1.82) is 0 Å². The number of aryl methyl sites for hydroxylation is 1. The summed E-state index contributed by atoms with van der Waals surface area (Å²) in [5.41, 5.74) is 2.25. The van der Waals surface area contributed by atoms with Gasteiger partial charge in [0.1, 0.15) is 0 Å². The predicted octanol–water partition coefficient (Wildman–Crippen LogP) is 1.34. The first-order valence-electron chi connectivity index (χ1n) is 6.25. The lowest BCUT2D eigenvalue weighted by atomic mass is 10.2. The molecule has 1 aliphatic rings. The first-order valence-corrected chi connectivity index (χ1v) is 6.25. The van der Waals surface area contributed by atoms with E-state index in [2.05, 4.69) is 15.6 Å². The molecule has 0 radical (unpaired) electrons. The zero-order valence-corrected chi connectivity index (χ0v) is 10.8. The van der Waals surface area contributed by atoms with Crippen LogP contribution >= 0.6 is 0 Å². The molecular formula is C13H19N3O2. The third-order valence-electron chi connectivity index (χ3n) is 3.07. The van der Waals surface area contributed by atoms with Gasteiger partial charge in [0.25, 0.3) is 5.91 Å². The molecule has 2 N–H and O–H groups in total. The minimum Gasteiger partial charge on any atom is -0.387 e. The zero-order chi connectivity index (χ0) is 13.0. The summed E-state index contributed by atoms with van der Waals surface area (Å²) in [4.78, 5) is 16.2. The molecule has 1 unspecified atom stereocenters. The predicted molar refractivity (Wildman–Crippen MR) is 69.8 cm³/mol. The van der Waals surface area contributed by atoms with Gasteiger partial charge in [0.05, 0.1) is 17.4 Å². The highest BCUT2D eigenvalue weighted by molar-refractivity contribution is 5.99. The number of aromatic nitrogens is 1.